The van der Waals surface area contributed by atoms with Crippen LogP contribution in [0.1, 0.15) is 55.4 Å². The predicted octanol–water partition coefficient (Wildman–Crippen LogP) is 3.65. The first-order valence-corrected chi connectivity index (χ1v) is 11.7. The number of aromatic nitrogens is 1. The molecule has 5 rings (SSSR count). The Morgan fingerprint density at radius 2 is 1.71 bits per heavy atom. The maximum atomic E-state index is 13.1. The van der Waals surface area contributed by atoms with E-state index in [2.05, 4.69) is 4.98 Å². The van der Waals surface area contributed by atoms with Crippen molar-refractivity contribution in [2.75, 3.05) is 32.8 Å². The van der Waals surface area contributed by atoms with E-state index in [0.717, 1.165) is 69.0 Å². The summed E-state index contributed by atoms with van der Waals surface area (Å²) in [6, 6.07) is 9.78. The molecule has 4 heterocycles. The summed E-state index contributed by atoms with van der Waals surface area (Å²) in [5.41, 5.74) is 0.535. The third-order valence-electron chi connectivity index (χ3n) is 7.43. The van der Waals surface area contributed by atoms with Gasteiger partial charge in [0.25, 0.3) is 5.91 Å². The number of carbonyl (C=O) groups excluding carboxylic acids is 2. The summed E-state index contributed by atoms with van der Waals surface area (Å²) < 4.78 is 6.10. The monoisotopic (exact) mass is 421 g/mol. The summed E-state index contributed by atoms with van der Waals surface area (Å²) in [6.45, 7) is 3.70. The van der Waals surface area contributed by atoms with E-state index < -0.39 is 0 Å². The minimum Gasteiger partial charge on any atom is -0.375 e. The number of likely N-dealkylation sites (tertiary alicyclic amines) is 2. The Hall–Kier alpha value is -2.47. The molecule has 0 bridgehead atoms. The minimum absolute atomic E-state index is 0.0193. The molecular weight excluding hydrogens is 390 g/mol. The summed E-state index contributed by atoms with van der Waals surface area (Å²) in [7, 11) is 0. The van der Waals surface area contributed by atoms with Crippen molar-refractivity contribution in [1.82, 2.24) is 14.8 Å². The average molecular weight is 422 g/mol. The predicted molar refractivity (Wildman–Crippen MR) is 119 cm³/mol. The molecule has 3 saturated heterocycles. The van der Waals surface area contributed by atoms with Gasteiger partial charge in [0.15, 0.2) is 0 Å². The van der Waals surface area contributed by atoms with Crippen molar-refractivity contribution in [2.24, 2.45) is 5.92 Å². The van der Waals surface area contributed by atoms with Gasteiger partial charge in [-0.25, -0.2) is 0 Å². The Labute approximate surface area is 183 Å². The van der Waals surface area contributed by atoms with Crippen LogP contribution in [0.4, 0.5) is 0 Å². The molecule has 0 aliphatic carbocycles. The van der Waals surface area contributed by atoms with Crippen LogP contribution in [-0.2, 0) is 9.53 Å². The molecule has 3 aliphatic rings. The van der Waals surface area contributed by atoms with Crippen molar-refractivity contribution < 1.29 is 14.3 Å². The SMILES string of the molecule is O=C(c1nccc2ccccc12)N1CCC(C(=O)N2CCC3(CCCCO3)CC2)CC1. The van der Waals surface area contributed by atoms with E-state index in [1.807, 2.05) is 40.1 Å². The molecule has 0 radical (unpaired) electrons. The molecule has 1 spiro atoms. The topological polar surface area (TPSA) is 62.7 Å². The number of fused-ring (bicyclic) bond motifs is 1. The van der Waals surface area contributed by atoms with Crippen LogP contribution in [0.5, 0.6) is 0 Å². The van der Waals surface area contributed by atoms with E-state index in [1.54, 1.807) is 6.20 Å². The van der Waals surface area contributed by atoms with Crippen LogP contribution < -0.4 is 0 Å². The summed E-state index contributed by atoms with van der Waals surface area (Å²) >= 11 is 0. The highest BCUT2D eigenvalue weighted by molar-refractivity contribution is 6.05. The Morgan fingerprint density at radius 3 is 2.45 bits per heavy atom. The lowest BCUT2D eigenvalue weighted by atomic mass is 9.84. The number of nitrogens with zero attached hydrogens (tertiary/aromatic N) is 3. The molecule has 3 aliphatic heterocycles. The van der Waals surface area contributed by atoms with Crippen LogP contribution in [0.15, 0.2) is 36.5 Å². The molecule has 2 amide bonds. The quantitative estimate of drug-likeness (QED) is 0.743. The van der Waals surface area contributed by atoms with E-state index >= 15 is 0 Å². The van der Waals surface area contributed by atoms with Crippen molar-refractivity contribution in [1.29, 1.82) is 0 Å². The van der Waals surface area contributed by atoms with Crippen LogP contribution in [0, 0.1) is 5.92 Å². The molecule has 0 saturated carbocycles. The third kappa shape index (κ3) is 4.05. The molecule has 164 valence electrons. The van der Waals surface area contributed by atoms with Crippen LogP contribution in [-0.4, -0.2) is 65.0 Å². The Kier molecular flexibility index (Phi) is 5.65. The molecule has 1 aromatic carbocycles. The van der Waals surface area contributed by atoms with Crippen molar-refractivity contribution in [2.45, 2.75) is 50.5 Å². The van der Waals surface area contributed by atoms with Crippen molar-refractivity contribution >= 4 is 22.6 Å². The van der Waals surface area contributed by atoms with E-state index in [0.29, 0.717) is 18.8 Å². The summed E-state index contributed by atoms with van der Waals surface area (Å²) in [6.07, 6.45) is 8.62. The Balaban J connectivity index is 1.18. The number of pyridine rings is 1. The zero-order chi connectivity index (χ0) is 21.3. The molecule has 31 heavy (non-hydrogen) atoms. The van der Waals surface area contributed by atoms with E-state index in [1.165, 1.54) is 6.42 Å². The maximum absolute atomic E-state index is 13.1. The summed E-state index contributed by atoms with van der Waals surface area (Å²) in [5, 5.41) is 1.91. The minimum atomic E-state index is -0.0305. The van der Waals surface area contributed by atoms with Gasteiger partial charge in [0.1, 0.15) is 5.69 Å². The van der Waals surface area contributed by atoms with E-state index in [-0.39, 0.29) is 23.3 Å². The fourth-order valence-corrected chi connectivity index (χ4v) is 5.47. The van der Waals surface area contributed by atoms with Crippen LogP contribution >= 0.6 is 0 Å². The second kappa shape index (κ2) is 8.58. The highest BCUT2D eigenvalue weighted by Gasteiger charge is 2.39. The molecule has 2 aromatic rings. The van der Waals surface area contributed by atoms with Gasteiger partial charge in [-0.1, -0.05) is 24.3 Å². The number of benzene rings is 1. The normalized spacial score (nSPS) is 22.1. The molecule has 1 aromatic heterocycles. The number of carbonyl (C=O) groups is 2. The zero-order valence-corrected chi connectivity index (χ0v) is 18.1. The first kappa shape index (κ1) is 20.4. The number of hydrogen-bond acceptors (Lipinski definition) is 4. The Morgan fingerprint density at radius 1 is 0.935 bits per heavy atom. The van der Waals surface area contributed by atoms with Gasteiger partial charge in [0, 0.05) is 50.3 Å². The number of amides is 2. The number of piperidine rings is 2. The fraction of sp³-hybridized carbons (Fsp3) is 0.560. The molecule has 0 unspecified atom stereocenters. The van der Waals surface area contributed by atoms with Crippen molar-refractivity contribution in [3.8, 4) is 0 Å². The summed E-state index contributed by atoms with van der Waals surface area (Å²) in [4.78, 5) is 34.5. The first-order chi connectivity index (χ1) is 15.2. The molecule has 6 nitrogen and oxygen atoms in total. The summed E-state index contributed by atoms with van der Waals surface area (Å²) in [5.74, 6) is 0.254. The molecule has 3 fully saturated rings. The van der Waals surface area contributed by atoms with E-state index in [4.69, 9.17) is 4.74 Å². The number of rotatable bonds is 2. The molecule has 0 N–H and O–H groups in total. The Bertz CT molecular complexity index is 946. The zero-order valence-electron chi connectivity index (χ0n) is 18.1. The molecule has 6 heteroatoms. The lowest BCUT2D eigenvalue weighted by Crippen LogP contribution is -2.52. The van der Waals surface area contributed by atoms with Crippen LogP contribution in [0.2, 0.25) is 0 Å². The highest BCUT2D eigenvalue weighted by atomic mass is 16.5. The second-order valence-corrected chi connectivity index (χ2v) is 9.26. The largest absolute Gasteiger partial charge is 0.375 e. The smallest absolute Gasteiger partial charge is 0.273 e. The third-order valence-corrected chi connectivity index (χ3v) is 7.43. The van der Waals surface area contributed by atoms with Crippen LogP contribution in [0.25, 0.3) is 10.8 Å². The van der Waals surface area contributed by atoms with Crippen molar-refractivity contribution in [3.05, 3.63) is 42.2 Å². The van der Waals surface area contributed by atoms with E-state index in [9.17, 15) is 9.59 Å². The molecular formula is C25H31N3O3. The lowest BCUT2D eigenvalue weighted by molar-refractivity contribution is -0.147. The van der Waals surface area contributed by atoms with Gasteiger partial charge < -0.3 is 14.5 Å². The molecule has 0 atom stereocenters. The van der Waals surface area contributed by atoms with Gasteiger partial charge in [0.05, 0.1) is 5.60 Å². The standard InChI is InChI=1S/C25H31N3O3/c29-23(28-16-11-25(12-17-28)10-3-4-18-31-25)20-8-14-27(15-9-20)24(30)22-21-6-2-1-5-19(21)7-13-26-22/h1-2,5-7,13,20H,3-4,8-12,14-18H2. The van der Waals surface area contributed by atoms with Crippen LogP contribution in [0.3, 0.4) is 0 Å². The fourth-order valence-electron chi connectivity index (χ4n) is 5.47. The van der Waals surface area contributed by atoms with Gasteiger partial charge in [-0.2, -0.15) is 0 Å². The van der Waals surface area contributed by atoms with Gasteiger partial charge >= 0.3 is 0 Å². The van der Waals surface area contributed by atoms with Gasteiger partial charge in [0.2, 0.25) is 5.91 Å². The first-order valence-electron chi connectivity index (χ1n) is 11.7. The van der Waals surface area contributed by atoms with Gasteiger partial charge in [-0.05, 0) is 56.4 Å². The number of hydrogen-bond donors (Lipinski definition) is 0. The highest BCUT2D eigenvalue weighted by Crippen LogP contribution is 2.35. The maximum Gasteiger partial charge on any atom is 0.273 e. The second-order valence-electron chi connectivity index (χ2n) is 9.26. The number of ether oxygens (including phenoxy) is 1. The van der Waals surface area contributed by atoms with Gasteiger partial charge in [-0.15, -0.1) is 0 Å². The lowest BCUT2D eigenvalue weighted by Gasteiger charge is -2.45. The van der Waals surface area contributed by atoms with Gasteiger partial charge in [-0.3, -0.25) is 14.6 Å². The average Bonchev–Trinajstić information content (AvgIpc) is 2.84. The van der Waals surface area contributed by atoms with Crippen molar-refractivity contribution in [3.63, 3.8) is 0 Å².